The summed E-state index contributed by atoms with van der Waals surface area (Å²) in [6, 6.07) is 9.66. The van der Waals surface area contributed by atoms with Crippen molar-refractivity contribution in [3.63, 3.8) is 0 Å². The molecule has 8 nitrogen and oxygen atoms in total. The Kier molecular flexibility index (Phi) is 6.47. The largest absolute Gasteiger partial charge is 0.493 e. The van der Waals surface area contributed by atoms with Crippen molar-refractivity contribution in [2.75, 3.05) is 30.6 Å². The molecule has 0 spiro atoms. The first-order valence-electron chi connectivity index (χ1n) is 9.15. The number of carbonyl (C=O) groups is 1. The number of hydrogen-bond donors (Lipinski definition) is 2. The molecule has 3 rings (SSSR count). The van der Waals surface area contributed by atoms with Gasteiger partial charge in [-0.25, -0.2) is 18.2 Å². The summed E-state index contributed by atoms with van der Waals surface area (Å²) in [6.07, 6.45) is 0. The van der Waals surface area contributed by atoms with Gasteiger partial charge in [-0.2, -0.15) is 0 Å². The Bertz CT molecular complexity index is 1170. The molecule has 0 fully saturated rings. The second-order valence-electron chi connectivity index (χ2n) is 6.99. The molecule has 2 amide bonds. The number of anilines is 2. The molecule has 0 bridgehead atoms. The topological polar surface area (TPSA) is 107 Å². The number of amides is 2. The molecule has 0 aliphatic carbocycles. The highest BCUT2D eigenvalue weighted by Gasteiger charge is 2.21. The van der Waals surface area contributed by atoms with Crippen molar-refractivity contribution < 1.29 is 22.7 Å². The van der Waals surface area contributed by atoms with E-state index in [1.54, 1.807) is 36.4 Å². The van der Waals surface area contributed by atoms with E-state index in [1.807, 2.05) is 13.8 Å². The van der Waals surface area contributed by atoms with Crippen LogP contribution in [0.1, 0.15) is 13.8 Å². The fraction of sp³-hybridized carbons (Fsp3) is 0.300. The average molecular weight is 450 g/mol. The summed E-state index contributed by atoms with van der Waals surface area (Å²) in [7, 11) is -0.375. The lowest BCUT2D eigenvalue weighted by Gasteiger charge is -2.11. The normalized spacial score (nSPS) is 11.5. The summed E-state index contributed by atoms with van der Waals surface area (Å²) in [5.41, 5.74) is 1.64. The number of rotatable bonds is 7. The maximum absolute atomic E-state index is 12.4. The Labute approximate surface area is 179 Å². The van der Waals surface area contributed by atoms with Crippen molar-refractivity contribution in [2.45, 2.75) is 18.2 Å². The zero-order valence-electron chi connectivity index (χ0n) is 17.1. The van der Waals surface area contributed by atoms with E-state index in [0.29, 0.717) is 33.1 Å². The highest BCUT2D eigenvalue weighted by Crippen LogP contribution is 2.31. The second kappa shape index (κ2) is 8.88. The summed E-state index contributed by atoms with van der Waals surface area (Å²) in [5, 5.41) is 5.46. The van der Waals surface area contributed by atoms with Gasteiger partial charge in [-0.3, -0.25) is 0 Å². The quantitative estimate of drug-likeness (QED) is 0.554. The first kappa shape index (κ1) is 21.8. The van der Waals surface area contributed by atoms with Crippen molar-refractivity contribution in [1.82, 2.24) is 4.98 Å². The highest BCUT2D eigenvalue weighted by molar-refractivity contribution is 7.93. The van der Waals surface area contributed by atoms with Crippen molar-refractivity contribution in [3.8, 4) is 11.5 Å². The zero-order valence-corrected chi connectivity index (χ0v) is 18.7. The summed E-state index contributed by atoms with van der Waals surface area (Å²) in [5.74, 6) is 1.12. The van der Waals surface area contributed by atoms with Crippen molar-refractivity contribution >= 4 is 48.8 Å². The molecular weight excluding hydrogens is 426 g/mol. The molecule has 10 heteroatoms. The van der Waals surface area contributed by atoms with E-state index >= 15 is 0 Å². The fourth-order valence-electron chi connectivity index (χ4n) is 2.83. The predicted molar refractivity (Wildman–Crippen MR) is 119 cm³/mol. The number of hydrogen-bond acceptors (Lipinski definition) is 7. The molecule has 30 heavy (non-hydrogen) atoms. The van der Waals surface area contributed by atoms with Crippen molar-refractivity contribution in [3.05, 3.63) is 36.4 Å². The van der Waals surface area contributed by atoms with Crippen molar-refractivity contribution in [2.24, 2.45) is 5.92 Å². The van der Waals surface area contributed by atoms with Gasteiger partial charge in [0.1, 0.15) is 0 Å². The van der Waals surface area contributed by atoms with Crippen LogP contribution < -0.4 is 20.1 Å². The van der Waals surface area contributed by atoms with E-state index in [2.05, 4.69) is 15.6 Å². The Morgan fingerprint density at radius 1 is 1.03 bits per heavy atom. The second-order valence-corrected chi connectivity index (χ2v) is 10.2. The average Bonchev–Trinajstić information content (AvgIpc) is 3.11. The van der Waals surface area contributed by atoms with E-state index in [0.717, 1.165) is 11.3 Å². The van der Waals surface area contributed by atoms with E-state index in [4.69, 9.17) is 9.47 Å². The first-order chi connectivity index (χ1) is 14.2. The first-order valence-corrected chi connectivity index (χ1v) is 11.6. The summed E-state index contributed by atoms with van der Waals surface area (Å²) >= 11 is 1.10. The summed E-state index contributed by atoms with van der Waals surface area (Å²) in [4.78, 5) is 16.6. The van der Waals surface area contributed by atoms with E-state index in [-0.39, 0.29) is 16.0 Å². The predicted octanol–water partition coefficient (Wildman–Crippen LogP) is 4.39. The third-order valence-corrected chi connectivity index (χ3v) is 7.64. The van der Waals surface area contributed by atoms with Crippen LogP contribution >= 0.6 is 11.3 Å². The lowest BCUT2D eigenvalue weighted by molar-refractivity contribution is 0.262. The number of nitrogens with one attached hydrogen (secondary N) is 2. The Balaban J connectivity index is 1.75. The third kappa shape index (κ3) is 5.00. The van der Waals surface area contributed by atoms with Gasteiger partial charge in [-0.1, -0.05) is 13.8 Å². The summed E-state index contributed by atoms with van der Waals surface area (Å²) < 4.78 is 36.0. The maximum Gasteiger partial charge on any atom is 0.323 e. The number of aromatic nitrogens is 1. The fourth-order valence-corrected chi connectivity index (χ4v) is 5.81. The van der Waals surface area contributed by atoms with Gasteiger partial charge in [-0.05, 0) is 36.2 Å². The third-order valence-electron chi connectivity index (χ3n) is 4.09. The maximum atomic E-state index is 12.4. The molecule has 3 aromatic rings. The van der Waals surface area contributed by atoms with Crippen LogP contribution in [-0.2, 0) is 9.84 Å². The van der Waals surface area contributed by atoms with Gasteiger partial charge < -0.3 is 20.1 Å². The van der Waals surface area contributed by atoms with Crippen LogP contribution in [0.15, 0.2) is 40.7 Å². The van der Waals surface area contributed by atoms with Gasteiger partial charge >= 0.3 is 6.03 Å². The number of fused-ring (bicyclic) bond motifs is 1. The minimum atomic E-state index is -3.42. The molecule has 2 N–H and O–H groups in total. The summed E-state index contributed by atoms with van der Waals surface area (Å²) in [6.45, 7) is 3.70. The molecule has 1 aromatic heterocycles. The molecule has 0 aliphatic rings. The van der Waals surface area contributed by atoms with Gasteiger partial charge in [0.2, 0.25) is 14.2 Å². The van der Waals surface area contributed by atoms with Crippen LogP contribution in [0, 0.1) is 5.92 Å². The SMILES string of the molecule is COc1ccc(NC(=O)Nc2ccc3nc(S(=O)(=O)CC(C)C)sc3c2)cc1OC. The minimum Gasteiger partial charge on any atom is -0.493 e. The van der Waals surface area contributed by atoms with E-state index in [9.17, 15) is 13.2 Å². The van der Waals surface area contributed by atoms with Gasteiger partial charge in [0.25, 0.3) is 0 Å². The van der Waals surface area contributed by atoms with E-state index < -0.39 is 15.9 Å². The van der Waals surface area contributed by atoms with Crippen LogP contribution in [0.5, 0.6) is 11.5 Å². The standard InChI is InChI=1S/C20H23N3O5S2/c1-12(2)11-30(25,26)20-23-15-7-5-14(10-18(15)29-20)22-19(24)21-13-6-8-16(27-3)17(9-13)28-4/h5-10,12H,11H2,1-4H3,(H2,21,22,24). The molecule has 0 radical (unpaired) electrons. The number of carbonyl (C=O) groups excluding carboxylic acids is 1. The number of urea groups is 1. The van der Waals surface area contributed by atoms with Crippen LogP contribution in [0.2, 0.25) is 0 Å². The number of sulfone groups is 1. The Morgan fingerprint density at radius 3 is 2.30 bits per heavy atom. The van der Waals surface area contributed by atoms with Crippen molar-refractivity contribution in [1.29, 1.82) is 0 Å². The van der Waals surface area contributed by atoms with Crippen LogP contribution in [0.3, 0.4) is 0 Å². The number of thiazole rings is 1. The Hall–Kier alpha value is -2.85. The highest BCUT2D eigenvalue weighted by atomic mass is 32.2. The smallest absolute Gasteiger partial charge is 0.323 e. The molecule has 0 atom stereocenters. The lowest BCUT2D eigenvalue weighted by atomic mass is 10.2. The number of ether oxygens (including phenoxy) is 2. The Morgan fingerprint density at radius 2 is 1.67 bits per heavy atom. The molecule has 0 saturated carbocycles. The number of methoxy groups -OCH3 is 2. The molecule has 2 aromatic carbocycles. The molecule has 0 saturated heterocycles. The van der Waals surface area contributed by atoms with Crippen LogP contribution in [0.25, 0.3) is 10.2 Å². The number of benzene rings is 2. The lowest BCUT2D eigenvalue weighted by Crippen LogP contribution is -2.19. The van der Waals surface area contributed by atoms with Gasteiger partial charge in [0.15, 0.2) is 11.5 Å². The molecular formula is C20H23N3O5S2. The molecule has 1 heterocycles. The molecule has 0 unspecified atom stereocenters. The van der Waals surface area contributed by atoms with Gasteiger partial charge in [0.05, 0.1) is 30.2 Å². The van der Waals surface area contributed by atoms with Crippen LogP contribution in [-0.4, -0.2) is 39.4 Å². The molecule has 160 valence electrons. The van der Waals surface area contributed by atoms with Gasteiger partial charge in [0, 0.05) is 17.4 Å². The minimum absolute atomic E-state index is 0.0134. The zero-order chi connectivity index (χ0) is 21.9. The van der Waals surface area contributed by atoms with Gasteiger partial charge in [-0.15, -0.1) is 11.3 Å². The monoisotopic (exact) mass is 449 g/mol. The number of nitrogens with zero attached hydrogens (tertiary/aromatic N) is 1. The molecule has 0 aliphatic heterocycles. The van der Waals surface area contributed by atoms with Crippen LogP contribution in [0.4, 0.5) is 16.2 Å². The van der Waals surface area contributed by atoms with E-state index in [1.165, 1.54) is 14.2 Å².